The first-order valence-electron chi connectivity index (χ1n) is 7.83. The summed E-state index contributed by atoms with van der Waals surface area (Å²) >= 11 is 1.71. The van der Waals surface area contributed by atoms with E-state index in [1.54, 1.807) is 30.8 Å². The quantitative estimate of drug-likeness (QED) is 0.703. The van der Waals surface area contributed by atoms with Crippen molar-refractivity contribution in [3.63, 3.8) is 0 Å². The molecule has 124 valence electrons. The van der Waals surface area contributed by atoms with Crippen molar-refractivity contribution in [3.05, 3.63) is 65.9 Å². The molecule has 0 saturated carbocycles. The van der Waals surface area contributed by atoms with E-state index in [-0.39, 0.29) is 5.91 Å². The molecule has 1 N–H and O–H groups in total. The van der Waals surface area contributed by atoms with Crippen molar-refractivity contribution >= 4 is 17.2 Å². The molecule has 2 heterocycles. The first kappa shape index (κ1) is 16.3. The highest BCUT2D eigenvalue weighted by molar-refractivity contribution is 7.15. The van der Waals surface area contributed by atoms with E-state index in [9.17, 15) is 4.79 Å². The smallest absolute Gasteiger partial charge is 0.260 e. The number of nitrogens with one attached hydrogen (secondary N) is 1. The molecule has 0 unspecified atom stereocenters. The molecule has 0 saturated heterocycles. The number of carbonyl (C=O) groups excluding carboxylic acids is 1. The van der Waals surface area contributed by atoms with Crippen LogP contribution >= 0.6 is 11.3 Å². The fourth-order valence-electron chi connectivity index (χ4n) is 2.28. The van der Waals surface area contributed by atoms with E-state index in [0.717, 1.165) is 12.0 Å². The molecule has 0 aliphatic carbocycles. The highest BCUT2D eigenvalue weighted by Gasteiger charge is 2.14. The average Bonchev–Trinajstić information content (AvgIpc) is 3.27. The predicted molar refractivity (Wildman–Crippen MR) is 95.3 cm³/mol. The van der Waals surface area contributed by atoms with Crippen molar-refractivity contribution in [2.45, 2.75) is 19.4 Å². The summed E-state index contributed by atoms with van der Waals surface area (Å²) in [6.45, 7) is 2.34. The monoisotopic (exact) mass is 341 g/mol. The van der Waals surface area contributed by atoms with Crippen LogP contribution in [0.4, 0.5) is 0 Å². The summed E-state index contributed by atoms with van der Waals surface area (Å²) in [7, 11) is 0. The van der Waals surface area contributed by atoms with Gasteiger partial charge in [0.2, 0.25) is 0 Å². The number of ether oxygens (including phenoxy) is 1. The van der Waals surface area contributed by atoms with Gasteiger partial charge in [0, 0.05) is 21.9 Å². The molecule has 3 aromatic rings. The second kappa shape index (κ2) is 7.84. The van der Waals surface area contributed by atoms with E-state index in [4.69, 9.17) is 9.15 Å². The third-order valence-electron chi connectivity index (χ3n) is 3.56. The predicted octanol–water partition coefficient (Wildman–Crippen LogP) is 4.13. The van der Waals surface area contributed by atoms with Crippen LogP contribution in [0.25, 0.3) is 10.4 Å². The zero-order valence-corrected chi connectivity index (χ0v) is 14.2. The van der Waals surface area contributed by atoms with Crippen molar-refractivity contribution in [2.75, 3.05) is 6.54 Å². The molecule has 24 heavy (non-hydrogen) atoms. The Balaban J connectivity index is 1.45. The van der Waals surface area contributed by atoms with E-state index in [1.165, 1.54) is 9.75 Å². The van der Waals surface area contributed by atoms with Gasteiger partial charge in [0.25, 0.3) is 5.91 Å². The van der Waals surface area contributed by atoms with Gasteiger partial charge >= 0.3 is 0 Å². The van der Waals surface area contributed by atoms with Gasteiger partial charge in [0.05, 0.1) is 12.5 Å². The van der Waals surface area contributed by atoms with Crippen molar-refractivity contribution in [1.82, 2.24) is 5.32 Å². The lowest BCUT2D eigenvalue weighted by Gasteiger charge is -2.14. The summed E-state index contributed by atoms with van der Waals surface area (Å²) in [5.41, 5.74) is 1.08. The Morgan fingerprint density at radius 1 is 1.21 bits per heavy atom. The maximum absolute atomic E-state index is 12.1. The van der Waals surface area contributed by atoms with Crippen LogP contribution in [0.15, 0.2) is 65.5 Å². The number of hydrogen-bond acceptors (Lipinski definition) is 4. The molecule has 0 spiro atoms. The lowest BCUT2D eigenvalue weighted by Crippen LogP contribution is -2.37. The highest BCUT2D eigenvalue weighted by Crippen LogP contribution is 2.28. The van der Waals surface area contributed by atoms with Crippen LogP contribution in [-0.4, -0.2) is 18.6 Å². The molecular weight excluding hydrogens is 322 g/mol. The Labute approximate surface area is 145 Å². The molecule has 2 aromatic heterocycles. The van der Waals surface area contributed by atoms with E-state index in [2.05, 4.69) is 17.4 Å². The summed E-state index contributed by atoms with van der Waals surface area (Å²) < 4.78 is 10.7. The lowest BCUT2D eigenvalue weighted by molar-refractivity contribution is -0.127. The number of thiophene rings is 1. The number of benzene rings is 1. The van der Waals surface area contributed by atoms with Gasteiger partial charge in [-0.25, -0.2) is 0 Å². The van der Waals surface area contributed by atoms with Gasteiger partial charge in [-0.15, -0.1) is 11.3 Å². The Hall–Kier alpha value is -2.53. The molecule has 0 fully saturated rings. The fraction of sp³-hybridized carbons (Fsp3) is 0.211. The number of amides is 1. The minimum atomic E-state index is -0.516. The number of carbonyl (C=O) groups is 1. The minimum absolute atomic E-state index is 0.106. The molecule has 0 aliphatic rings. The van der Waals surface area contributed by atoms with E-state index >= 15 is 0 Å². The Morgan fingerprint density at radius 2 is 2.04 bits per heavy atom. The largest absolute Gasteiger partial charge is 0.481 e. The summed E-state index contributed by atoms with van der Waals surface area (Å²) in [5.74, 6) is 0.591. The molecule has 0 radical (unpaired) electrons. The van der Waals surface area contributed by atoms with Crippen molar-refractivity contribution in [1.29, 1.82) is 0 Å². The molecular formula is C19H19NO3S. The molecule has 1 atom stereocenters. The zero-order chi connectivity index (χ0) is 16.8. The second-order valence-corrected chi connectivity index (χ2v) is 6.56. The van der Waals surface area contributed by atoms with Gasteiger partial charge in [-0.2, -0.15) is 0 Å². The molecule has 5 heteroatoms. The first-order valence-corrected chi connectivity index (χ1v) is 8.65. The van der Waals surface area contributed by atoms with Crippen molar-refractivity contribution < 1.29 is 13.9 Å². The van der Waals surface area contributed by atoms with Gasteiger partial charge in [0.15, 0.2) is 6.10 Å². The molecule has 3 rings (SSSR count). The van der Waals surface area contributed by atoms with Crippen LogP contribution in [0, 0.1) is 0 Å². The molecule has 1 amide bonds. The maximum atomic E-state index is 12.1. The molecule has 4 nitrogen and oxygen atoms in total. The number of para-hydroxylation sites is 1. The number of rotatable bonds is 7. The van der Waals surface area contributed by atoms with Crippen LogP contribution in [0.1, 0.15) is 11.8 Å². The summed E-state index contributed by atoms with van der Waals surface area (Å²) in [4.78, 5) is 14.5. The normalized spacial score (nSPS) is 11.9. The van der Waals surface area contributed by atoms with Crippen LogP contribution in [0.5, 0.6) is 5.75 Å². The van der Waals surface area contributed by atoms with Crippen molar-refractivity contribution in [2.24, 2.45) is 0 Å². The van der Waals surface area contributed by atoms with Gasteiger partial charge in [-0.05, 0) is 43.7 Å². The topological polar surface area (TPSA) is 51.5 Å². The van der Waals surface area contributed by atoms with Crippen LogP contribution in [0.2, 0.25) is 0 Å². The lowest BCUT2D eigenvalue weighted by atomic mass is 10.2. The van der Waals surface area contributed by atoms with Crippen molar-refractivity contribution in [3.8, 4) is 16.2 Å². The highest BCUT2D eigenvalue weighted by atomic mass is 32.1. The molecule has 0 aliphatic heterocycles. The van der Waals surface area contributed by atoms with E-state index in [1.807, 2.05) is 36.4 Å². The summed E-state index contributed by atoms with van der Waals surface area (Å²) in [6.07, 6.45) is 3.69. The van der Waals surface area contributed by atoms with Gasteiger partial charge in [-0.3, -0.25) is 4.79 Å². The standard InChI is InChI=1S/C19H19NO3S/c1-14(23-16-5-3-2-4-6-16)19(21)20-11-9-17-7-8-18(24-17)15-10-12-22-13-15/h2-8,10,12-14H,9,11H2,1H3,(H,20,21)/t14-/m1/s1. The molecule has 0 bridgehead atoms. The maximum Gasteiger partial charge on any atom is 0.260 e. The average molecular weight is 341 g/mol. The van der Waals surface area contributed by atoms with Crippen LogP contribution < -0.4 is 10.1 Å². The third-order valence-corrected chi connectivity index (χ3v) is 4.76. The number of furan rings is 1. The van der Waals surface area contributed by atoms with Gasteiger partial charge < -0.3 is 14.5 Å². The fourth-order valence-corrected chi connectivity index (χ4v) is 3.27. The van der Waals surface area contributed by atoms with Crippen LogP contribution in [0.3, 0.4) is 0 Å². The van der Waals surface area contributed by atoms with E-state index < -0.39 is 6.10 Å². The summed E-state index contributed by atoms with van der Waals surface area (Å²) in [5, 5.41) is 2.92. The SMILES string of the molecule is C[C@@H](Oc1ccccc1)C(=O)NCCc1ccc(-c2ccoc2)s1. The first-order chi connectivity index (χ1) is 11.7. The Bertz CT molecular complexity index is 765. The zero-order valence-electron chi connectivity index (χ0n) is 13.4. The Kier molecular flexibility index (Phi) is 5.33. The Morgan fingerprint density at radius 3 is 2.79 bits per heavy atom. The van der Waals surface area contributed by atoms with E-state index in [0.29, 0.717) is 12.3 Å². The third kappa shape index (κ3) is 4.26. The summed E-state index contributed by atoms with van der Waals surface area (Å²) in [6, 6.07) is 15.5. The van der Waals surface area contributed by atoms with Crippen LogP contribution in [-0.2, 0) is 11.2 Å². The minimum Gasteiger partial charge on any atom is -0.481 e. The molecule has 1 aromatic carbocycles. The van der Waals surface area contributed by atoms with Gasteiger partial charge in [-0.1, -0.05) is 18.2 Å². The number of hydrogen-bond donors (Lipinski definition) is 1. The van der Waals surface area contributed by atoms with Gasteiger partial charge in [0.1, 0.15) is 5.75 Å². The second-order valence-electron chi connectivity index (χ2n) is 5.39.